The molecule has 0 saturated carbocycles. The fourth-order valence-electron chi connectivity index (χ4n) is 0.161. The van der Waals surface area contributed by atoms with E-state index in [1.54, 1.807) is 0 Å². The molecule has 42 valence electrons. The van der Waals surface area contributed by atoms with Gasteiger partial charge in [0.2, 0.25) is 0 Å². The first kappa shape index (κ1) is 6.77. The number of ether oxygens (including phenoxy) is 1. The highest BCUT2D eigenvalue weighted by Gasteiger charge is 1.84. The van der Waals surface area contributed by atoms with Gasteiger partial charge in [-0.05, 0) is 6.08 Å². The fraction of sp³-hybridized carbons (Fsp3) is 0.167. The number of rotatable bonds is 0. The number of methoxy groups -OCH3 is 1. The summed E-state index contributed by atoms with van der Waals surface area (Å²) in [4.78, 5) is 10.1. The molecule has 0 bridgehead atoms. The van der Waals surface area contributed by atoms with Crippen molar-refractivity contribution in [2.24, 2.45) is 0 Å². The van der Waals surface area contributed by atoms with Gasteiger partial charge in [0, 0.05) is 5.92 Å². The molecule has 0 atom stereocenters. The van der Waals surface area contributed by atoms with Gasteiger partial charge < -0.3 is 4.74 Å². The number of carbonyl (C=O) groups excluding carboxylic acids is 1. The molecule has 0 aliphatic carbocycles. The molecule has 0 aromatic rings. The first-order valence-electron chi connectivity index (χ1n) is 2.01. The van der Waals surface area contributed by atoms with Crippen LogP contribution >= 0.6 is 0 Å². The predicted octanol–water partition coefficient (Wildman–Crippen LogP) is 0.349. The van der Waals surface area contributed by atoms with E-state index in [1.165, 1.54) is 13.2 Å². The molecule has 0 aliphatic heterocycles. The Morgan fingerprint density at radius 1 is 1.88 bits per heavy atom. The van der Waals surface area contributed by atoms with E-state index in [2.05, 4.69) is 23.2 Å². The van der Waals surface area contributed by atoms with Crippen LogP contribution < -0.4 is 0 Å². The zero-order valence-electron chi connectivity index (χ0n) is 4.60. The summed E-state index contributed by atoms with van der Waals surface area (Å²) in [6.45, 7) is 3.29. The first-order valence-corrected chi connectivity index (χ1v) is 2.01. The van der Waals surface area contributed by atoms with Gasteiger partial charge in [0.05, 0.1) is 7.11 Å². The van der Waals surface area contributed by atoms with E-state index in [0.29, 0.717) is 0 Å². The molecule has 0 fully saturated rings. The molecule has 0 N–H and O–H groups in total. The second-order valence-corrected chi connectivity index (χ2v) is 0.965. The monoisotopic (exact) mass is 110 g/mol. The lowest BCUT2D eigenvalue weighted by atomic mass is 10.6. The van der Waals surface area contributed by atoms with Gasteiger partial charge in [-0.25, -0.2) is 4.79 Å². The van der Waals surface area contributed by atoms with Crippen LogP contribution in [0.4, 0.5) is 0 Å². The number of allylic oxidation sites excluding steroid dienone is 1. The molecule has 2 nitrogen and oxygen atoms in total. The number of hydrogen-bond acceptors (Lipinski definition) is 2. The molecule has 0 saturated heterocycles. The van der Waals surface area contributed by atoms with Crippen molar-refractivity contribution in [3.8, 4) is 11.8 Å². The van der Waals surface area contributed by atoms with E-state index in [9.17, 15) is 4.79 Å². The minimum atomic E-state index is -0.537. The summed E-state index contributed by atoms with van der Waals surface area (Å²) in [5.74, 6) is 3.95. The zero-order valence-corrected chi connectivity index (χ0v) is 4.60. The lowest BCUT2D eigenvalue weighted by molar-refractivity contribution is -0.133. The molecule has 8 heavy (non-hydrogen) atoms. The molecule has 0 unspecified atom stereocenters. The Morgan fingerprint density at radius 2 is 2.50 bits per heavy atom. The van der Waals surface area contributed by atoms with Crippen LogP contribution in [0.3, 0.4) is 0 Å². The van der Waals surface area contributed by atoms with Crippen LogP contribution in [0, 0.1) is 11.8 Å². The van der Waals surface area contributed by atoms with Gasteiger partial charge in [0.1, 0.15) is 0 Å². The largest absolute Gasteiger partial charge is 0.459 e. The second kappa shape index (κ2) is 3.94. The van der Waals surface area contributed by atoms with Crippen LogP contribution in [0.2, 0.25) is 0 Å². The molecule has 0 amide bonds. The van der Waals surface area contributed by atoms with Crippen molar-refractivity contribution in [3.63, 3.8) is 0 Å². The summed E-state index contributed by atoms with van der Waals surface area (Å²) in [7, 11) is 1.28. The van der Waals surface area contributed by atoms with E-state index in [0.717, 1.165) is 0 Å². The molecular formula is C6H6O2. The highest BCUT2D eigenvalue weighted by molar-refractivity contribution is 5.88. The van der Waals surface area contributed by atoms with E-state index >= 15 is 0 Å². The summed E-state index contributed by atoms with van der Waals surface area (Å²) in [5.41, 5.74) is 0. The Morgan fingerprint density at radius 3 is 2.88 bits per heavy atom. The molecule has 0 radical (unpaired) electrons. The van der Waals surface area contributed by atoms with Gasteiger partial charge in [-0.2, -0.15) is 0 Å². The van der Waals surface area contributed by atoms with Crippen LogP contribution in [0.1, 0.15) is 0 Å². The highest BCUT2D eigenvalue weighted by Crippen LogP contribution is 1.66. The number of esters is 1. The second-order valence-electron chi connectivity index (χ2n) is 0.965. The van der Waals surface area contributed by atoms with Crippen molar-refractivity contribution in [1.82, 2.24) is 0 Å². The van der Waals surface area contributed by atoms with Gasteiger partial charge in [-0.1, -0.05) is 12.5 Å². The highest BCUT2D eigenvalue weighted by atomic mass is 16.5. The molecule has 0 aliphatic rings. The lowest BCUT2D eigenvalue weighted by Crippen LogP contribution is -1.93. The topological polar surface area (TPSA) is 26.3 Å². The standard InChI is InChI=1S/C6H6O2/c1-3-4-5-6(7)8-2/h3H,1H2,2H3. The van der Waals surface area contributed by atoms with Crippen LogP contribution in [0.25, 0.3) is 0 Å². The van der Waals surface area contributed by atoms with Crippen molar-refractivity contribution in [2.45, 2.75) is 0 Å². The summed E-state index contributed by atoms with van der Waals surface area (Å²) in [6.07, 6.45) is 1.33. The molecule has 2 heteroatoms. The van der Waals surface area contributed by atoms with Gasteiger partial charge in [-0.15, -0.1) is 0 Å². The Labute approximate surface area is 48.1 Å². The minimum Gasteiger partial charge on any atom is -0.459 e. The molecule has 0 aromatic carbocycles. The zero-order chi connectivity index (χ0) is 6.41. The van der Waals surface area contributed by atoms with Crippen LogP contribution in [-0.2, 0) is 9.53 Å². The van der Waals surface area contributed by atoms with Crippen molar-refractivity contribution in [3.05, 3.63) is 12.7 Å². The average molecular weight is 110 g/mol. The maximum absolute atomic E-state index is 10.1. The minimum absolute atomic E-state index is 0.537. The summed E-state index contributed by atoms with van der Waals surface area (Å²) >= 11 is 0. The van der Waals surface area contributed by atoms with Gasteiger partial charge in [0.25, 0.3) is 0 Å². The average Bonchev–Trinajstić information content (AvgIpc) is 1.83. The van der Waals surface area contributed by atoms with E-state index in [4.69, 9.17) is 0 Å². The SMILES string of the molecule is C=CC#CC(=O)OC. The maximum Gasteiger partial charge on any atom is 0.384 e. The summed E-state index contributed by atoms with van der Waals surface area (Å²) in [6, 6.07) is 0. The van der Waals surface area contributed by atoms with Gasteiger partial charge in [0.15, 0.2) is 0 Å². The van der Waals surface area contributed by atoms with E-state index in [-0.39, 0.29) is 0 Å². The Bertz CT molecular complexity index is 148. The van der Waals surface area contributed by atoms with E-state index < -0.39 is 5.97 Å². The van der Waals surface area contributed by atoms with Crippen molar-refractivity contribution < 1.29 is 9.53 Å². The third-order valence-corrected chi connectivity index (χ3v) is 0.462. The Hall–Kier alpha value is -1.23. The maximum atomic E-state index is 10.1. The summed E-state index contributed by atoms with van der Waals surface area (Å²) in [5, 5.41) is 0. The third-order valence-electron chi connectivity index (χ3n) is 0.462. The van der Waals surface area contributed by atoms with Crippen LogP contribution in [0.5, 0.6) is 0 Å². The van der Waals surface area contributed by atoms with Crippen LogP contribution in [0.15, 0.2) is 12.7 Å². The molecule has 0 heterocycles. The first-order chi connectivity index (χ1) is 3.81. The van der Waals surface area contributed by atoms with Crippen molar-refractivity contribution >= 4 is 5.97 Å². The van der Waals surface area contributed by atoms with Crippen LogP contribution in [-0.4, -0.2) is 13.1 Å². The van der Waals surface area contributed by atoms with Gasteiger partial charge >= 0.3 is 5.97 Å². The predicted molar refractivity (Wildman–Crippen MR) is 30.0 cm³/mol. The van der Waals surface area contributed by atoms with Gasteiger partial charge in [-0.3, -0.25) is 0 Å². The third kappa shape index (κ3) is 2.98. The molecular weight excluding hydrogens is 104 g/mol. The lowest BCUT2D eigenvalue weighted by Gasteiger charge is -1.81. The fourth-order valence-corrected chi connectivity index (χ4v) is 0.161. The van der Waals surface area contributed by atoms with Crippen molar-refractivity contribution in [1.29, 1.82) is 0 Å². The molecule has 0 aromatic heterocycles. The number of hydrogen-bond donors (Lipinski definition) is 0. The smallest absolute Gasteiger partial charge is 0.384 e. The Balaban J connectivity index is 3.68. The molecule has 0 rings (SSSR count). The Kier molecular flexibility index (Phi) is 3.34. The molecule has 0 spiro atoms. The van der Waals surface area contributed by atoms with Crippen molar-refractivity contribution in [2.75, 3.05) is 7.11 Å². The van der Waals surface area contributed by atoms with E-state index in [1.807, 2.05) is 0 Å². The number of carbonyl (C=O) groups is 1. The normalized spacial score (nSPS) is 6.12. The summed E-state index contributed by atoms with van der Waals surface area (Å²) < 4.78 is 4.19. The quantitative estimate of drug-likeness (QED) is 0.255.